The van der Waals surface area contributed by atoms with Crippen LogP contribution in [0.15, 0.2) is 54.6 Å². The molecule has 0 unspecified atom stereocenters. The Balaban J connectivity index is 2.05. The second-order valence-corrected chi connectivity index (χ2v) is 5.01. The summed E-state index contributed by atoms with van der Waals surface area (Å²) in [5.41, 5.74) is 2.70. The lowest BCUT2D eigenvalue weighted by atomic mass is 10.2. The minimum absolute atomic E-state index is 0.162. The van der Waals surface area contributed by atoms with E-state index in [4.69, 9.17) is 4.74 Å². The number of benzene rings is 2. The van der Waals surface area contributed by atoms with E-state index >= 15 is 0 Å². The lowest BCUT2D eigenvalue weighted by molar-refractivity contribution is -0.111. The summed E-state index contributed by atoms with van der Waals surface area (Å²) in [5, 5.41) is 2.89. The summed E-state index contributed by atoms with van der Waals surface area (Å²) < 4.78 is 5.10. The quantitative estimate of drug-likeness (QED) is 0.860. The van der Waals surface area contributed by atoms with Crippen LogP contribution in [0.2, 0.25) is 0 Å². The molecule has 0 aromatic heterocycles. The third-order valence-electron chi connectivity index (χ3n) is 3.19. The fraction of sp³-hybridized carbons (Fsp3) is 0.167. The number of hydrogen-bond donors (Lipinski definition) is 1. The highest BCUT2D eigenvalue weighted by Crippen LogP contribution is 2.23. The van der Waals surface area contributed by atoms with Crippen molar-refractivity contribution < 1.29 is 9.53 Å². The Morgan fingerprint density at radius 2 is 1.77 bits per heavy atom. The van der Waals surface area contributed by atoms with Gasteiger partial charge in [0.1, 0.15) is 5.75 Å². The molecule has 0 spiro atoms. The molecule has 0 fully saturated rings. The number of carbonyl (C=O) groups is 1. The van der Waals surface area contributed by atoms with Crippen LogP contribution in [0.4, 0.5) is 11.4 Å². The van der Waals surface area contributed by atoms with Gasteiger partial charge in [0.25, 0.3) is 0 Å². The van der Waals surface area contributed by atoms with E-state index < -0.39 is 0 Å². The molecule has 0 saturated carbocycles. The van der Waals surface area contributed by atoms with Gasteiger partial charge in [-0.3, -0.25) is 4.79 Å². The van der Waals surface area contributed by atoms with Gasteiger partial charge >= 0.3 is 0 Å². The van der Waals surface area contributed by atoms with E-state index in [0.29, 0.717) is 0 Å². The fourth-order valence-electron chi connectivity index (χ4n) is 2.03. The van der Waals surface area contributed by atoms with Crippen molar-refractivity contribution in [3.05, 3.63) is 60.2 Å². The zero-order chi connectivity index (χ0) is 15.9. The zero-order valence-corrected chi connectivity index (χ0v) is 13.0. The summed E-state index contributed by atoms with van der Waals surface area (Å²) in [6.07, 6.45) is 3.29. The van der Waals surface area contributed by atoms with Gasteiger partial charge in [0.15, 0.2) is 0 Å². The lowest BCUT2D eigenvalue weighted by Gasteiger charge is -2.17. The lowest BCUT2D eigenvalue weighted by Crippen LogP contribution is -2.14. The van der Waals surface area contributed by atoms with Crippen molar-refractivity contribution in [3.8, 4) is 5.75 Å². The Bertz CT molecular complexity index is 661. The van der Waals surface area contributed by atoms with Crippen LogP contribution in [0.25, 0.3) is 6.08 Å². The van der Waals surface area contributed by atoms with E-state index in [9.17, 15) is 4.79 Å². The smallest absolute Gasteiger partial charge is 0.248 e. The van der Waals surface area contributed by atoms with Crippen LogP contribution in [0.1, 0.15) is 5.56 Å². The molecule has 1 amide bonds. The van der Waals surface area contributed by atoms with E-state index in [1.165, 1.54) is 6.08 Å². The van der Waals surface area contributed by atoms with Crippen LogP contribution in [0.3, 0.4) is 0 Å². The first kappa shape index (κ1) is 15.6. The van der Waals surface area contributed by atoms with Crippen LogP contribution in [0.5, 0.6) is 5.75 Å². The summed E-state index contributed by atoms with van der Waals surface area (Å²) in [6.45, 7) is 0. The molecule has 0 heterocycles. The first-order valence-corrected chi connectivity index (χ1v) is 6.99. The van der Waals surface area contributed by atoms with Gasteiger partial charge in [0.2, 0.25) is 5.91 Å². The molecule has 0 bridgehead atoms. The number of rotatable bonds is 5. The minimum atomic E-state index is -0.162. The summed E-state index contributed by atoms with van der Waals surface area (Å²) >= 11 is 0. The molecule has 2 aromatic carbocycles. The van der Waals surface area contributed by atoms with E-state index in [1.54, 1.807) is 13.2 Å². The van der Waals surface area contributed by atoms with Crippen LogP contribution in [0, 0.1) is 0 Å². The molecule has 2 aromatic rings. The molecule has 4 nitrogen and oxygen atoms in total. The number of anilines is 2. The Hall–Kier alpha value is -2.75. The SMILES string of the molecule is COc1ccc(/C=C/C(=O)Nc2ccccc2N(C)C)cc1. The molecule has 0 atom stereocenters. The Labute approximate surface area is 131 Å². The maximum atomic E-state index is 12.0. The first-order valence-electron chi connectivity index (χ1n) is 6.99. The van der Waals surface area contributed by atoms with Gasteiger partial charge in [0.05, 0.1) is 18.5 Å². The number of para-hydroxylation sites is 2. The van der Waals surface area contributed by atoms with Gasteiger partial charge < -0.3 is 15.0 Å². The van der Waals surface area contributed by atoms with Gasteiger partial charge in [-0.15, -0.1) is 0 Å². The molecule has 0 aliphatic heterocycles. The molecule has 22 heavy (non-hydrogen) atoms. The summed E-state index contributed by atoms with van der Waals surface area (Å²) in [5.74, 6) is 0.631. The van der Waals surface area contributed by atoms with Crippen LogP contribution < -0.4 is 15.0 Å². The molecular formula is C18H20N2O2. The monoisotopic (exact) mass is 296 g/mol. The number of methoxy groups -OCH3 is 1. The number of ether oxygens (including phenoxy) is 1. The minimum Gasteiger partial charge on any atom is -0.497 e. The van der Waals surface area contributed by atoms with Crippen molar-refractivity contribution in [1.29, 1.82) is 0 Å². The number of nitrogens with zero attached hydrogens (tertiary/aromatic N) is 1. The highest BCUT2D eigenvalue weighted by atomic mass is 16.5. The van der Waals surface area contributed by atoms with Crippen molar-refractivity contribution >= 4 is 23.4 Å². The van der Waals surface area contributed by atoms with Crippen molar-refractivity contribution in [3.63, 3.8) is 0 Å². The summed E-state index contributed by atoms with van der Waals surface area (Å²) in [4.78, 5) is 14.0. The van der Waals surface area contributed by atoms with Crippen LogP contribution in [-0.2, 0) is 4.79 Å². The van der Waals surface area contributed by atoms with Crippen molar-refractivity contribution in [2.24, 2.45) is 0 Å². The Kier molecular flexibility index (Phi) is 5.20. The highest BCUT2D eigenvalue weighted by molar-refractivity contribution is 6.03. The van der Waals surface area contributed by atoms with Crippen LogP contribution in [-0.4, -0.2) is 27.1 Å². The second-order valence-electron chi connectivity index (χ2n) is 5.01. The predicted octanol–water partition coefficient (Wildman–Crippen LogP) is 3.41. The van der Waals surface area contributed by atoms with Crippen molar-refractivity contribution in [1.82, 2.24) is 0 Å². The van der Waals surface area contributed by atoms with E-state index in [2.05, 4.69) is 5.32 Å². The highest BCUT2D eigenvalue weighted by Gasteiger charge is 2.05. The van der Waals surface area contributed by atoms with Crippen LogP contribution >= 0.6 is 0 Å². The number of carbonyl (C=O) groups excluding carboxylic acids is 1. The second kappa shape index (κ2) is 7.31. The zero-order valence-electron chi connectivity index (χ0n) is 13.0. The van der Waals surface area contributed by atoms with E-state index in [0.717, 1.165) is 22.7 Å². The van der Waals surface area contributed by atoms with Crippen molar-refractivity contribution in [2.75, 3.05) is 31.4 Å². The number of hydrogen-bond acceptors (Lipinski definition) is 3. The van der Waals surface area contributed by atoms with Gasteiger partial charge in [-0.25, -0.2) is 0 Å². The third kappa shape index (κ3) is 4.12. The first-order chi connectivity index (χ1) is 10.6. The topological polar surface area (TPSA) is 41.6 Å². The third-order valence-corrected chi connectivity index (χ3v) is 3.19. The molecule has 0 aliphatic rings. The molecule has 2 rings (SSSR count). The van der Waals surface area contributed by atoms with E-state index in [1.807, 2.05) is 67.5 Å². The van der Waals surface area contributed by atoms with Crippen molar-refractivity contribution in [2.45, 2.75) is 0 Å². The summed E-state index contributed by atoms with van der Waals surface area (Å²) in [6, 6.07) is 15.2. The van der Waals surface area contributed by atoms with E-state index in [-0.39, 0.29) is 5.91 Å². The molecule has 1 N–H and O–H groups in total. The average molecular weight is 296 g/mol. The van der Waals surface area contributed by atoms with Gasteiger partial charge in [-0.2, -0.15) is 0 Å². The standard InChI is InChI=1S/C18H20N2O2/c1-20(2)17-7-5-4-6-16(17)19-18(21)13-10-14-8-11-15(22-3)12-9-14/h4-13H,1-3H3,(H,19,21)/b13-10+. The van der Waals surface area contributed by atoms with Gasteiger partial charge in [0, 0.05) is 20.2 Å². The van der Waals surface area contributed by atoms with Gasteiger partial charge in [-0.05, 0) is 35.9 Å². The fourth-order valence-corrected chi connectivity index (χ4v) is 2.03. The average Bonchev–Trinajstić information content (AvgIpc) is 2.53. The molecular weight excluding hydrogens is 276 g/mol. The summed E-state index contributed by atoms with van der Waals surface area (Å²) in [7, 11) is 5.51. The maximum absolute atomic E-state index is 12.0. The maximum Gasteiger partial charge on any atom is 0.248 e. The Morgan fingerprint density at radius 3 is 2.41 bits per heavy atom. The molecule has 0 aliphatic carbocycles. The van der Waals surface area contributed by atoms with Gasteiger partial charge in [-0.1, -0.05) is 24.3 Å². The molecule has 0 radical (unpaired) electrons. The predicted molar refractivity (Wildman–Crippen MR) is 91.4 cm³/mol. The number of nitrogens with one attached hydrogen (secondary N) is 1. The normalized spacial score (nSPS) is 10.5. The molecule has 114 valence electrons. The Morgan fingerprint density at radius 1 is 1.09 bits per heavy atom. The number of amides is 1. The molecule has 4 heteroatoms. The largest absolute Gasteiger partial charge is 0.497 e. The molecule has 0 saturated heterocycles.